The molecule has 0 aliphatic heterocycles. The molecular weight excluding hydrogens is 212 g/mol. The Morgan fingerprint density at radius 3 is 2.24 bits per heavy atom. The highest BCUT2D eigenvalue weighted by atomic mass is 16.1. The summed E-state index contributed by atoms with van der Waals surface area (Å²) in [5.41, 5.74) is 2.64. The van der Waals surface area contributed by atoms with Crippen molar-refractivity contribution in [1.82, 2.24) is 0 Å². The Hall–Kier alpha value is -1.70. The number of carbonyl (C=O) groups is 2. The molecule has 88 valence electrons. The number of allylic oxidation sites excluding steroid dienone is 2. The molecule has 0 saturated heterocycles. The number of Topliss-reactive ketones (excluding diaryl/α,β-unsaturated/α-hetero) is 1. The highest BCUT2D eigenvalue weighted by molar-refractivity contribution is 6.24. The minimum atomic E-state index is -0.0665. The third-order valence-electron chi connectivity index (χ3n) is 3.10. The summed E-state index contributed by atoms with van der Waals surface area (Å²) >= 11 is 0. The molecule has 17 heavy (non-hydrogen) atoms. The molecule has 2 nitrogen and oxygen atoms in total. The Bertz CT molecular complexity index is 543. The molecule has 0 N–H and O–H groups in total. The van der Waals surface area contributed by atoms with Crippen molar-refractivity contribution in [3.8, 4) is 0 Å². The van der Waals surface area contributed by atoms with E-state index >= 15 is 0 Å². The summed E-state index contributed by atoms with van der Waals surface area (Å²) in [5, 5.41) is 0. The molecule has 0 saturated carbocycles. The van der Waals surface area contributed by atoms with Gasteiger partial charge in [0.25, 0.3) is 0 Å². The fourth-order valence-electron chi connectivity index (χ4n) is 1.96. The predicted octanol–water partition coefficient (Wildman–Crippen LogP) is 3.31. The van der Waals surface area contributed by atoms with Gasteiger partial charge in [-0.05, 0) is 30.0 Å². The van der Waals surface area contributed by atoms with Crippen LogP contribution in [0.3, 0.4) is 0 Å². The molecule has 0 unspecified atom stereocenters. The minimum absolute atomic E-state index is 0.0193. The average Bonchev–Trinajstić information content (AvgIpc) is 2.24. The van der Waals surface area contributed by atoms with E-state index in [4.69, 9.17) is 0 Å². The normalized spacial score (nSPS) is 15.6. The number of ketones is 2. The Balaban J connectivity index is 2.61. The van der Waals surface area contributed by atoms with Gasteiger partial charge in [-0.25, -0.2) is 0 Å². The van der Waals surface area contributed by atoms with Gasteiger partial charge < -0.3 is 0 Å². The van der Waals surface area contributed by atoms with Crippen molar-refractivity contribution < 1.29 is 9.59 Å². The smallest absolute Gasteiger partial charge is 0.189 e. The molecule has 2 rings (SSSR count). The molecule has 0 atom stereocenters. The highest BCUT2D eigenvalue weighted by Crippen LogP contribution is 2.28. The van der Waals surface area contributed by atoms with Gasteiger partial charge in [-0.15, -0.1) is 0 Å². The second-order valence-corrected chi connectivity index (χ2v) is 5.53. The first-order valence-electron chi connectivity index (χ1n) is 5.72. The van der Waals surface area contributed by atoms with Gasteiger partial charge in [0, 0.05) is 16.7 Å². The van der Waals surface area contributed by atoms with Gasteiger partial charge in [-0.2, -0.15) is 0 Å². The van der Waals surface area contributed by atoms with Crippen molar-refractivity contribution in [3.05, 3.63) is 46.5 Å². The van der Waals surface area contributed by atoms with Gasteiger partial charge >= 0.3 is 0 Å². The van der Waals surface area contributed by atoms with Crippen LogP contribution in [0, 0.1) is 0 Å². The summed E-state index contributed by atoms with van der Waals surface area (Å²) in [6.45, 7) is 7.95. The standard InChI is InChI=1S/C15H16O2/c1-9-7-13(16)12-8-10(15(2,3)4)5-6-11(12)14(9)17/h5-8H,1-4H3. The Morgan fingerprint density at radius 2 is 1.65 bits per heavy atom. The Kier molecular flexibility index (Phi) is 2.53. The second-order valence-electron chi connectivity index (χ2n) is 5.53. The number of hydrogen-bond donors (Lipinski definition) is 0. The average molecular weight is 228 g/mol. The molecule has 1 aromatic rings. The summed E-state index contributed by atoms with van der Waals surface area (Å²) in [7, 11) is 0. The van der Waals surface area contributed by atoms with Crippen LogP contribution in [-0.2, 0) is 5.41 Å². The Labute approximate surface area is 101 Å². The van der Waals surface area contributed by atoms with Gasteiger partial charge in [-0.3, -0.25) is 9.59 Å². The number of hydrogen-bond acceptors (Lipinski definition) is 2. The topological polar surface area (TPSA) is 34.1 Å². The van der Waals surface area contributed by atoms with Crippen LogP contribution in [0.2, 0.25) is 0 Å². The maximum Gasteiger partial charge on any atom is 0.189 e. The SMILES string of the molecule is CC1=CC(=O)c2cc(C(C)(C)C)ccc2C1=O. The number of fused-ring (bicyclic) bond motifs is 1. The lowest BCUT2D eigenvalue weighted by Crippen LogP contribution is -2.18. The molecule has 1 aliphatic carbocycles. The summed E-state index contributed by atoms with van der Waals surface area (Å²) in [6, 6.07) is 5.55. The predicted molar refractivity (Wildman–Crippen MR) is 67.6 cm³/mol. The molecule has 1 aliphatic rings. The van der Waals surface area contributed by atoms with E-state index < -0.39 is 0 Å². The first-order chi connectivity index (χ1) is 7.80. The van der Waals surface area contributed by atoms with Gasteiger partial charge in [-0.1, -0.05) is 32.9 Å². The number of carbonyl (C=O) groups excluding carboxylic acids is 2. The molecule has 0 amide bonds. The zero-order valence-corrected chi connectivity index (χ0v) is 10.6. The van der Waals surface area contributed by atoms with Crippen molar-refractivity contribution in [2.45, 2.75) is 33.1 Å². The maximum absolute atomic E-state index is 11.9. The number of benzene rings is 1. The van der Waals surface area contributed by atoms with Crippen molar-refractivity contribution >= 4 is 11.6 Å². The van der Waals surface area contributed by atoms with E-state index in [0.29, 0.717) is 16.7 Å². The molecule has 0 spiro atoms. The van der Waals surface area contributed by atoms with Crippen molar-refractivity contribution in [2.75, 3.05) is 0 Å². The third-order valence-corrected chi connectivity index (χ3v) is 3.10. The van der Waals surface area contributed by atoms with Gasteiger partial charge in [0.2, 0.25) is 0 Å². The van der Waals surface area contributed by atoms with Crippen LogP contribution >= 0.6 is 0 Å². The Morgan fingerprint density at radius 1 is 1.00 bits per heavy atom. The lowest BCUT2D eigenvalue weighted by molar-refractivity contribution is 0.0984. The molecule has 0 aromatic heterocycles. The molecule has 0 heterocycles. The summed E-state index contributed by atoms with van der Waals surface area (Å²) in [6.07, 6.45) is 1.43. The van der Waals surface area contributed by atoms with E-state index in [0.717, 1.165) is 5.56 Å². The van der Waals surface area contributed by atoms with Gasteiger partial charge in [0.15, 0.2) is 11.6 Å². The van der Waals surface area contributed by atoms with Crippen LogP contribution in [0.1, 0.15) is 54.0 Å². The zero-order valence-electron chi connectivity index (χ0n) is 10.6. The van der Waals surface area contributed by atoms with Crippen molar-refractivity contribution in [1.29, 1.82) is 0 Å². The molecule has 0 bridgehead atoms. The first kappa shape index (κ1) is 11.8. The molecule has 1 aromatic carbocycles. The van der Waals surface area contributed by atoms with E-state index in [2.05, 4.69) is 20.8 Å². The second kappa shape index (κ2) is 3.66. The lowest BCUT2D eigenvalue weighted by Gasteiger charge is -2.21. The highest BCUT2D eigenvalue weighted by Gasteiger charge is 2.25. The zero-order chi connectivity index (χ0) is 12.8. The largest absolute Gasteiger partial charge is 0.289 e. The van der Waals surface area contributed by atoms with E-state index in [9.17, 15) is 9.59 Å². The maximum atomic E-state index is 11.9. The van der Waals surface area contributed by atoms with E-state index in [-0.39, 0.29) is 17.0 Å². The fraction of sp³-hybridized carbons (Fsp3) is 0.333. The van der Waals surface area contributed by atoms with Crippen LogP contribution in [0.5, 0.6) is 0 Å². The first-order valence-corrected chi connectivity index (χ1v) is 5.72. The van der Waals surface area contributed by atoms with E-state index in [1.165, 1.54) is 6.08 Å². The quantitative estimate of drug-likeness (QED) is 0.682. The van der Waals surface area contributed by atoms with Crippen LogP contribution in [0.4, 0.5) is 0 Å². The molecule has 0 fully saturated rings. The summed E-state index contributed by atoms with van der Waals surface area (Å²) in [5.74, 6) is -0.108. The van der Waals surface area contributed by atoms with Crippen molar-refractivity contribution in [3.63, 3.8) is 0 Å². The lowest BCUT2D eigenvalue weighted by atomic mass is 9.82. The molecule has 0 radical (unpaired) electrons. The molecule has 2 heteroatoms. The van der Waals surface area contributed by atoms with Crippen molar-refractivity contribution in [2.24, 2.45) is 0 Å². The van der Waals surface area contributed by atoms with Gasteiger partial charge in [0.05, 0.1) is 0 Å². The monoisotopic (exact) mass is 228 g/mol. The fourth-order valence-corrected chi connectivity index (χ4v) is 1.96. The van der Waals surface area contributed by atoms with Crippen LogP contribution in [0.25, 0.3) is 0 Å². The van der Waals surface area contributed by atoms with Crippen LogP contribution in [-0.4, -0.2) is 11.6 Å². The number of rotatable bonds is 0. The third kappa shape index (κ3) is 1.95. The van der Waals surface area contributed by atoms with E-state index in [1.54, 1.807) is 13.0 Å². The van der Waals surface area contributed by atoms with Crippen LogP contribution in [0.15, 0.2) is 29.8 Å². The molecular formula is C15H16O2. The van der Waals surface area contributed by atoms with E-state index in [1.807, 2.05) is 12.1 Å². The van der Waals surface area contributed by atoms with Gasteiger partial charge in [0.1, 0.15) is 0 Å². The summed E-state index contributed by atoms with van der Waals surface area (Å²) in [4.78, 5) is 23.8. The van der Waals surface area contributed by atoms with Crippen LogP contribution < -0.4 is 0 Å². The minimum Gasteiger partial charge on any atom is -0.289 e. The summed E-state index contributed by atoms with van der Waals surface area (Å²) < 4.78 is 0.